The van der Waals surface area contributed by atoms with Gasteiger partial charge in [-0.15, -0.1) is 0 Å². The number of piperazine rings is 1. The Morgan fingerprint density at radius 3 is 2.90 bits per heavy atom. The average Bonchev–Trinajstić information content (AvgIpc) is 2.44. The molecule has 1 unspecified atom stereocenters. The summed E-state index contributed by atoms with van der Waals surface area (Å²) in [5.74, 6) is 0. The lowest BCUT2D eigenvalue weighted by atomic mass is 10.1. The average molecular weight is 357 g/mol. The molecule has 0 aromatic heterocycles. The maximum Gasteiger partial charge on any atom is 0.283 e. The van der Waals surface area contributed by atoms with E-state index in [1.807, 2.05) is 6.07 Å². The van der Waals surface area contributed by atoms with Gasteiger partial charge >= 0.3 is 0 Å². The third-order valence-electron chi connectivity index (χ3n) is 3.90. The van der Waals surface area contributed by atoms with Gasteiger partial charge in [-0.2, -0.15) is 0 Å². The van der Waals surface area contributed by atoms with E-state index < -0.39 is 0 Å². The fourth-order valence-electron chi connectivity index (χ4n) is 2.51. The molecule has 1 aromatic rings. The summed E-state index contributed by atoms with van der Waals surface area (Å²) in [5.41, 5.74) is 1.04. The molecular weight excluding hydrogens is 336 g/mol. The Bertz CT molecular complexity index is 512. The van der Waals surface area contributed by atoms with E-state index in [-0.39, 0.29) is 10.6 Å². The molecule has 0 spiro atoms. The zero-order valence-electron chi connectivity index (χ0n) is 12.4. The molecule has 1 aliphatic rings. The molecule has 116 valence electrons. The number of hydrogen-bond donors (Lipinski definition) is 1. The molecule has 1 atom stereocenters. The quantitative estimate of drug-likeness (QED) is 0.642. The van der Waals surface area contributed by atoms with Gasteiger partial charge in [0, 0.05) is 44.8 Å². The van der Waals surface area contributed by atoms with Gasteiger partial charge in [-0.25, -0.2) is 0 Å². The molecule has 0 radical (unpaired) electrons. The summed E-state index contributed by atoms with van der Waals surface area (Å²) < 4.78 is 0.518. The van der Waals surface area contributed by atoms with Gasteiger partial charge in [0.1, 0.15) is 0 Å². The van der Waals surface area contributed by atoms with Crippen LogP contribution in [0.4, 0.5) is 5.69 Å². The fourth-order valence-corrected chi connectivity index (χ4v) is 2.90. The van der Waals surface area contributed by atoms with Crippen LogP contribution in [0.3, 0.4) is 0 Å². The second-order valence-electron chi connectivity index (χ2n) is 5.57. The minimum absolute atomic E-state index is 0.115. The van der Waals surface area contributed by atoms with Crippen LogP contribution in [-0.2, 0) is 6.54 Å². The number of nitro groups is 1. The third kappa shape index (κ3) is 4.47. The summed E-state index contributed by atoms with van der Waals surface area (Å²) in [5, 5.41) is 14.3. The Morgan fingerprint density at radius 1 is 1.43 bits per heavy atom. The number of nitrogens with one attached hydrogen (secondary N) is 1. The number of hydrogen-bond acceptors (Lipinski definition) is 5. The summed E-state index contributed by atoms with van der Waals surface area (Å²) in [6, 6.07) is 5.73. The summed E-state index contributed by atoms with van der Waals surface area (Å²) in [4.78, 5) is 15.2. The molecule has 7 heteroatoms. The van der Waals surface area contributed by atoms with E-state index in [0.717, 1.165) is 31.7 Å². The molecule has 6 nitrogen and oxygen atoms in total. The zero-order chi connectivity index (χ0) is 15.4. The van der Waals surface area contributed by atoms with E-state index in [1.54, 1.807) is 12.1 Å². The Labute approximate surface area is 133 Å². The summed E-state index contributed by atoms with van der Waals surface area (Å²) in [6.45, 7) is 4.75. The monoisotopic (exact) mass is 356 g/mol. The second-order valence-corrected chi connectivity index (χ2v) is 6.42. The van der Waals surface area contributed by atoms with Crippen LogP contribution in [0.2, 0.25) is 0 Å². The third-order valence-corrected chi connectivity index (χ3v) is 4.57. The number of rotatable bonds is 5. The number of halogens is 1. The van der Waals surface area contributed by atoms with Crippen molar-refractivity contribution in [2.24, 2.45) is 0 Å². The highest BCUT2D eigenvalue weighted by molar-refractivity contribution is 9.10. The van der Waals surface area contributed by atoms with Crippen molar-refractivity contribution in [1.82, 2.24) is 15.1 Å². The Hall–Kier alpha value is -1.02. The van der Waals surface area contributed by atoms with Crippen molar-refractivity contribution >= 4 is 21.6 Å². The number of nitrogens with zero attached hydrogens (tertiary/aromatic N) is 3. The van der Waals surface area contributed by atoms with Crippen molar-refractivity contribution in [3.8, 4) is 0 Å². The molecule has 1 aliphatic heterocycles. The topological polar surface area (TPSA) is 61.6 Å². The molecular formula is C14H21BrN4O2. The zero-order valence-corrected chi connectivity index (χ0v) is 14.0. The van der Waals surface area contributed by atoms with E-state index in [2.05, 4.69) is 45.1 Å². The predicted octanol–water partition coefficient (Wildman–Crippen LogP) is 1.69. The Kier molecular flexibility index (Phi) is 5.69. The fraction of sp³-hybridized carbons (Fsp3) is 0.571. The molecule has 0 bridgehead atoms. The summed E-state index contributed by atoms with van der Waals surface area (Å²) >= 11 is 3.20. The van der Waals surface area contributed by atoms with Crippen molar-refractivity contribution in [2.45, 2.75) is 12.6 Å². The standard InChI is InChI=1S/C14H21BrN4O2/c1-17-5-6-18(2)12(10-17)9-16-8-11-3-4-13(15)14(7-11)19(20)21/h3-4,7,12,16H,5-6,8-10H2,1-2H3. The maximum absolute atomic E-state index is 10.9. The molecule has 1 N–H and O–H groups in total. The summed E-state index contributed by atoms with van der Waals surface area (Å²) in [6.07, 6.45) is 0. The van der Waals surface area contributed by atoms with E-state index in [4.69, 9.17) is 0 Å². The highest BCUT2D eigenvalue weighted by Gasteiger charge is 2.21. The largest absolute Gasteiger partial charge is 0.311 e. The van der Waals surface area contributed by atoms with Gasteiger partial charge in [-0.3, -0.25) is 15.0 Å². The maximum atomic E-state index is 10.9. The van der Waals surface area contributed by atoms with Crippen molar-refractivity contribution in [3.05, 3.63) is 38.3 Å². The summed E-state index contributed by atoms with van der Waals surface area (Å²) in [7, 11) is 4.28. The molecule has 1 heterocycles. The van der Waals surface area contributed by atoms with Crippen LogP contribution in [0, 0.1) is 10.1 Å². The van der Waals surface area contributed by atoms with E-state index in [1.165, 1.54) is 0 Å². The first kappa shape index (κ1) is 16.4. The Morgan fingerprint density at radius 2 is 2.19 bits per heavy atom. The molecule has 21 heavy (non-hydrogen) atoms. The van der Waals surface area contributed by atoms with Crippen LogP contribution in [-0.4, -0.2) is 61.0 Å². The van der Waals surface area contributed by atoms with Crippen LogP contribution in [0.5, 0.6) is 0 Å². The van der Waals surface area contributed by atoms with Gasteiger partial charge in [-0.1, -0.05) is 6.07 Å². The van der Waals surface area contributed by atoms with Crippen LogP contribution in [0.25, 0.3) is 0 Å². The molecule has 1 saturated heterocycles. The van der Waals surface area contributed by atoms with Crippen molar-refractivity contribution in [2.75, 3.05) is 40.3 Å². The van der Waals surface area contributed by atoms with Crippen molar-refractivity contribution in [3.63, 3.8) is 0 Å². The van der Waals surface area contributed by atoms with Crippen LogP contribution in [0.1, 0.15) is 5.56 Å². The van der Waals surface area contributed by atoms with Crippen molar-refractivity contribution in [1.29, 1.82) is 0 Å². The number of likely N-dealkylation sites (N-methyl/N-ethyl adjacent to an activating group) is 2. The molecule has 2 rings (SSSR count). The highest BCUT2D eigenvalue weighted by atomic mass is 79.9. The van der Waals surface area contributed by atoms with E-state index in [9.17, 15) is 10.1 Å². The molecule has 1 fully saturated rings. The van der Waals surface area contributed by atoms with Gasteiger partial charge in [0.15, 0.2) is 0 Å². The van der Waals surface area contributed by atoms with Crippen molar-refractivity contribution < 1.29 is 4.92 Å². The molecule has 0 saturated carbocycles. The van der Waals surface area contributed by atoms with Crippen LogP contribution < -0.4 is 5.32 Å². The van der Waals surface area contributed by atoms with Gasteiger partial charge in [-0.05, 0) is 41.7 Å². The van der Waals surface area contributed by atoms with E-state index in [0.29, 0.717) is 17.1 Å². The molecule has 0 aliphatic carbocycles. The SMILES string of the molecule is CN1CCN(C)C(CNCc2ccc(Br)c([N+](=O)[O-])c2)C1. The smallest absolute Gasteiger partial charge is 0.283 e. The Balaban J connectivity index is 1.88. The first-order valence-corrected chi connectivity index (χ1v) is 7.79. The molecule has 0 amide bonds. The minimum atomic E-state index is -0.364. The first-order valence-electron chi connectivity index (χ1n) is 6.99. The van der Waals surface area contributed by atoms with Gasteiger partial charge < -0.3 is 10.2 Å². The predicted molar refractivity (Wildman–Crippen MR) is 86.4 cm³/mol. The number of benzene rings is 1. The first-order chi connectivity index (χ1) is 9.97. The lowest BCUT2D eigenvalue weighted by Crippen LogP contribution is -2.53. The minimum Gasteiger partial charge on any atom is -0.311 e. The number of nitro benzene ring substituents is 1. The lowest BCUT2D eigenvalue weighted by molar-refractivity contribution is -0.385. The normalized spacial score (nSPS) is 20.6. The molecule has 1 aromatic carbocycles. The lowest BCUT2D eigenvalue weighted by Gasteiger charge is -2.37. The van der Waals surface area contributed by atoms with E-state index >= 15 is 0 Å². The van der Waals surface area contributed by atoms with Gasteiger partial charge in [0.25, 0.3) is 5.69 Å². The highest BCUT2D eigenvalue weighted by Crippen LogP contribution is 2.25. The second kappa shape index (κ2) is 7.31. The van der Waals surface area contributed by atoms with Gasteiger partial charge in [0.2, 0.25) is 0 Å². The van der Waals surface area contributed by atoms with Crippen LogP contribution in [0.15, 0.2) is 22.7 Å². The van der Waals surface area contributed by atoms with Crippen LogP contribution >= 0.6 is 15.9 Å². The van der Waals surface area contributed by atoms with Gasteiger partial charge in [0.05, 0.1) is 9.40 Å².